The molecule has 0 spiro atoms. The van der Waals surface area contributed by atoms with Crippen molar-refractivity contribution in [1.82, 2.24) is 19.7 Å². The van der Waals surface area contributed by atoms with Crippen LogP contribution in [0.2, 0.25) is 0 Å². The van der Waals surface area contributed by atoms with Crippen molar-refractivity contribution in [2.45, 2.75) is 12.8 Å². The molecule has 2 heterocycles. The molecule has 2 aromatic heterocycles. The Balaban J connectivity index is 1.90. The van der Waals surface area contributed by atoms with Gasteiger partial charge < -0.3 is 5.11 Å². The first kappa shape index (κ1) is 17.5. The number of carboxylic acids is 1. The second-order valence-electron chi connectivity index (χ2n) is 6.21. The highest BCUT2D eigenvalue weighted by molar-refractivity contribution is 5.85. The predicted octanol–water partition coefficient (Wildman–Crippen LogP) is 2.86. The van der Waals surface area contributed by atoms with Crippen LogP contribution >= 0.6 is 0 Å². The number of aliphatic carboxylic acids is 1. The van der Waals surface area contributed by atoms with E-state index in [1.165, 1.54) is 10.7 Å². The van der Waals surface area contributed by atoms with Gasteiger partial charge in [-0.25, -0.2) is 9.97 Å². The van der Waals surface area contributed by atoms with E-state index in [2.05, 4.69) is 15.1 Å². The molecule has 0 amide bonds. The van der Waals surface area contributed by atoms with Gasteiger partial charge in [-0.1, -0.05) is 42.5 Å². The van der Waals surface area contributed by atoms with Gasteiger partial charge in [0.2, 0.25) is 0 Å². The summed E-state index contributed by atoms with van der Waals surface area (Å²) in [6, 6.07) is 19.9. The zero-order chi connectivity index (χ0) is 19.5. The van der Waals surface area contributed by atoms with Crippen LogP contribution in [0.3, 0.4) is 0 Å². The molecule has 7 nitrogen and oxygen atoms in total. The zero-order valence-corrected chi connectivity index (χ0v) is 14.8. The summed E-state index contributed by atoms with van der Waals surface area (Å²) >= 11 is 0. The van der Waals surface area contributed by atoms with Crippen LogP contribution in [0.1, 0.15) is 12.2 Å². The molecule has 0 aliphatic carbocycles. The van der Waals surface area contributed by atoms with Gasteiger partial charge in [-0.3, -0.25) is 9.59 Å². The Morgan fingerprint density at radius 2 is 1.68 bits per heavy atom. The van der Waals surface area contributed by atoms with Crippen LogP contribution in [0.5, 0.6) is 0 Å². The molecule has 0 radical (unpaired) electrons. The monoisotopic (exact) mass is 372 g/mol. The molecule has 0 aliphatic rings. The first-order chi connectivity index (χ1) is 13.6. The second-order valence-corrected chi connectivity index (χ2v) is 6.21. The summed E-state index contributed by atoms with van der Waals surface area (Å²) in [6.45, 7) is 0. The van der Waals surface area contributed by atoms with Crippen LogP contribution in [-0.4, -0.2) is 30.8 Å². The quantitative estimate of drug-likeness (QED) is 0.578. The van der Waals surface area contributed by atoms with Gasteiger partial charge in [-0.05, 0) is 18.2 Å². The van der Waals surface area contributed by atoms with Gasteiger partial charge >= 0.3 is 5.97 Å². The third-order valence-electron chi connectivity index (χ3n) is 4.26. The fourth-order valence-electron chi connectivity index (χ4n) is 2.92. The molecule has 1 N–H and O–H groups in total. The third kappa shape index (κ3) is 3.50. The standard InChI is InChI=1S/C21H16N4O3/c26-19-12-10-16(14-6-2-1-3-7-14)24-25(19)21-15-8-4-5-9-17(15)22-18(23-21)11-13-20(27)28/h1-10,12H,11,13H2,(H,27,28). The Bertz CT molecular complexity index is 1220. The molecule has 4 rings (SSSR count). The minimum absolute atomic E-state index is 0.0931. The number of aryl methyl sites for hydroxylation is 1. The summed E-state index contributed by atoms with van der Waals surface area (Å²) in [6.07, 6.45) is 0.0739. The molecular formula is C21H16N4O3. The number of para-hydroxylation sites is 1. The topological polar surface area (TPSA) is 98.0 Å². The van der Waals surface area contributed by atoms with Crippen LogP contribution in [0.15, 0.2) is 71.5 Å². The van der Waals surface area contributed by atoms with Gasteiger partial charge in [0, 0.05) is 23.4 Å². The first-order valence-electron chi connectivity index (χ1n) is 8.75. The van der Waals surface area contributed by atoms with Crippen molar-refractivity contribution in [3.8, 4) is 17.1 Å². The van der Waals surface area contributed by atoms with E-state index in [1.54, 1.807) is 12.1 Å². The van der Waals surface area contributed by atoms with Crippen molar-refractivity contribution in [3.63, 3.8) is 0 Å². The summed E-state index contributed by atoms with van der Waals surface area (Å²) < 4.78 is 1.25. The van der Waals surface area contributed by atoms with Gasteiger partial charge in [0.1, 0.15) is 5.82 Å². The van der Waals surface area contributed by atoms with Gasteiger partial charge in [0.25, 0.3) is 5.56 Å². The van der Waals surface area contributed by atoms with Crippen LogP contribution in [-0.2, 0) is 11.2 Å². The maximum Gasteiger partial charge on any atom is 0.303 e. The molecule has 7 heteroatoms. The first-order valence-corrected chi connectivity index (χ1v) is 8.75. The maximum absolute atomic E-state index is 12.6. The highest BCUT2D eigenvalue weighted by atomic mass is 16.4. The lowest BCUT2D eigenvalue weighted by molar-refractivity contribution is -0.137. The molecular weight excluding hydrogens is 356 g/mol. The largest absolute Gasteiger partial charge is 0.481 e. The normalized spacial score (nSPS) is 10.9. The van der Waals surface area contributed by atoms with Crippen molar-refractivity contribution >= 4 is 16.9 Å². The molecule has 0 aliphatic heterocycles. The highest BCUT2D eigenvalue weighted by Gasteiger charge is 2.13. The molecule has 138 valence electrons. The Morgan fingerprint density at radius 1 is 0.929 bits per heavy atom. The molecule has 0 saturated heterocycles. The van der Waals surface area contributed by atoms with Crippen LogP contribution < -0.4 is 5.56 Å². The van der Waals surface area contributed by atoms with Crippen molar-refractivity contribution in [3.05, 3.63) is 82.9 Å². The van der Waals surface area contributed by atoms with E-state index in [0.29, 0.717) is 28.2 Å². The Kier molecular flexibility index (Phi) is 4.63. The average Bonchev–Trinajstić information content (AvgIpc) is 2.72. The average molecular weight is 372 g/mol. The summed E-state index contributed by atoms with van der Waals surface area (Å²) in [5.41, 5.74) is 1.81. The van der Waals surface area contributed by atoms with Crippen molar-refractivity contribution in [2.75, 3.05) is 0 Å². The number of carboxylic acid groups (broad SMARTS) is 1. The molecule has 28 heavy (non-hydrogen) atoms. The summed E-state index contributed by atoms with van der Waals surface area (Å²) in [5.74, 6) is -0.233. The van der Waals surface area contributed by atoms with E-state index >= 15 is 0 Å². The predicted molar refractivity (Wildman–Crippen MR) is 104 cm³/mol. The lowest BCUT2D eigenvalue weighted by atomic mass is 10.1. The van der Waals surface area contributed by atoms with Crippen molar-refractivity contribution in [2.24, 2.45) is 0 Å². The lowest BCUT2D eigenvalue weighted by Crippen LogP contribution is -2.22. The number of carbonyl (C=O) groups is 1. The van der Waals surface area contributed by atoms with Crippen molar-refractivity contribution in [1.29, 1.82) is 0 Å². The minimum Gasteiger partial charge on any atom is -0.481 e. The van der Waals surface area contributed by atoms with Gasteiger partial charge in [-0.15, -0.1) is 0 Å². The number of nitrogens with zero attached hydrogens (tertiary/aromatic N) is 4. The summed E-state index contributed by atoms with van der Waals surface area (Å²) in [4.78, 5) is 32.4. The summed E-state index contributed by atoms with van der Waals surface area (Å²) in [7, 11) is 0. The van der Waals surface area contributed by atoms with Crippen LogP contribution in [0.4, 0.5) is 0 Å². The van der Waals surface area contributed by atoms with E-state index in [4.69, 9.17) is 5.11 Å². The molecule has 0 atom stereocenters. The SMILES string of the molecule is O=C(O)CCc1nc(-n2nc(-c3ccccc3)ccc2=O)c2ccccc2n1. The highest BCUT2D eigenvalue weighted by Crippen LogP contribution is 2.20. The van der Waals surface area contributed by atoms with Gasteiger partial charge in [-0.2, -0.15) is 9.78 Å². The minimum atomic E-state index is -0.931. The fourth-order valence-corrected chi connectivity index (χ4v) is 2.92. The number of benzene rings is 2. The van der Waals surface area contributed by atoms with Gasteiger partial charge in [0.05, 0.1) is 17.6 Å². The van der Waals surface area contributed by atoms with Crippen molar-refractivity contribution < 1.29 is 9.90 Å². The number of fused-ring (bicyclic) bond motifs is 1. The van der Waals surface area contributed by atoms with Crippen LogP contribution in [0, 0.1) is 0 Å². The third-order valence-corrected chi connectivity index (χ3v) is 4.26. The molecule has 0 fully saturated rings. The molecule has 0 unspecified atom stereocenters. The molecule has 0 bridgehead atoms. The van der Waals surface area contributed by atoms with Gasteiger partial charge in [0.15, 0.2) is 5.82 Å². The Morgan fingerprint density at radius 3 is 2.46 bits per heavy atom. The number of aromatic nitrogens is 4. The summed E-state index contributed by atoms with van der Waals surface area (Å²) in [5, 5.41) is 14.1. The van der Waals surface area contributed by atoms with Crippen LogP contribution in [0.25, 0.3) is 28.0 Å². The zero-order valence-electron chi connectivity index (χ0n) is 14.8. The maximum atomic E-state index is 12.6. The molecule has 2 aromatic carbocycles. The number of rotatable bonds is 5. The second kappa shape index (κ2) is 7.40. The molecule has 0 saturated carbocycles. The fraction of sp³-hybridized carbons (Fsp3) is 0.0952. The lowest BCUT2D eigenvalue weighted by Gasteiger charge is -2.11. The van der Waals surface area contributed by atoms with E-state index in [-0.39, 0.29) is 18.4 Å². The van der Waals surface area contributed by atoms with E-state index in [0.717, 1.165) is 5.56 Å². The van der Waals surface area contributed by atoms with E-state index in [1.807, 2.05) is 48.5 Å². The smallest absolute Gasteiger partial charge is 0.303 e. The van der Waals surface area contributed by atoms with E-state index in [9.17, 15) is 9.59 Å². The van der Waals surface area contributed by atoms with E-state index < -0.39 is 5.97 Å². The Labute approximate surface area is 159 Å². The Hall–Kier alpha value is -3.87. The molecule has 4 aromatic rings. The number of hydrogen-bond acceptors (Lipinski definition) is 5. The number of hydrogen-bond donors (Lipinski definition) is 1.